The summed E-state index contributed by atoms with van der Waals surface area (Å²) in [5.41, 5.74) is -0.265. The lowest BCUT2D eigenvalue weighted by Gasteiger charge is -2.41. The molecule has 4 nitrogen and oxygen atoms in total. The summed E-state index contributed by atoms with van der Waals surface area (Å²) in [6, 6.07) is 0. The SMILES string of the molecule is CC1C(=O)N(C2(C)CCNCC2)C(=O)C1C. The Hall–Kier alpha value is -0.900. The van der Waals surface area contributed by atoms with Crippen LogP contribution in [0.1, 0.15) is 33.6 Å². The van der Waals surface area contributed by atoms with E-state index in [1.165, 1.54) is 0 Å². The fourth-order valence-corrected chi connectivity index (χ4v) is 2.66. The van der Waals surface area contributed by atoms with E-state index < -0.39 is 0 Å². The first-order valence-electron chi connectivity index (χ1n) is 6.06. The first kappa shape index (κ1) is 11.6. The minimum Gasteiger partial charge on any atom is -0.317 e. The number of carbonyl (C=O) groups excluding carboxylic acids is 2. The van der Waals surface area contributed by atoms with E-state index in [2.05, 4.69) is 5.32 Å². The lowest BCUT2D eigenvalue weighted by molar-refractivity contribution is -0.147. The highest BCUT2D eigenvalue weighted by Gasteiger charge is 2.50. The van der Waals surface area contributed by atoms with Crippen molar-refractivity contribution in [3.63, 3.8) is 0 Å². The molecule has 0 spiro atoms. The lowest BCUT2D eigenvalue weighted by Crippen LogP contribution is -2.55. The van der Waals surface area contributed by atoms with Gasteiger partial charge >= 0.3 is 0 Å². The van der Waals surface area contributed by atoms with E-state index in [1.807, 2.05) is 20.8 Å². The third-order valence-electron chi connectivity index (χ3n) is 4.19. The molecule has 2 aliphatic heterocycles. The largest absolute Gasteiger partial charge is 0.317 e. The molecule has 90 valence electrons. The molecule has 2 rings (SSSR count). The zero-order chi connectivity index (χ0) is 11.9. The van der Waals surface area contributed by atoms with Crippen LogP contribution in [0.4, 0.5) is 0 Å². The molecular weight excluding hydrogens is 204 g/mol. The van der Waals surface area contributed by atoms with Crippen molar-refractivity contribution in [1.82, 2.24) is 10.2 Å². The predicted molar refractivity (Wildman–Crippen MR) is 60.7 cm³/mol. The Morgan fingerprint density at radius 2 is 1.56 bits per heavy atom. The summed E-state index contributed by atoms with van der Waals surface area (Å²) in [4.78, 5) is 25.8. The topological polar surface area (TPSA) is 49.4 Å². The van der Waals surface area contributed by atoms with Gasteiger partial charge < -0.3 is 5.32 Å². The molecule has 4 heteroatoms. The second-order valence-corrected chi connectivity index (χ2v) is 5.34. The molecule has 0 radical (unpaired) electrons. The van der Waals surface area contributed by atoms with Crippen molar-refractivity contribution in [2.24, 2.45) is 11.8 Å². The van der Waals surface area contributed by atoms with Gasteiger partial charge in [0.25, 0.3) is 0 Å². The molecular formula is C12H20N2O2. The van der Waals surface area contributed by atoms with Gasteiger partial charge in [-0.1, -0.05) is 13.8 Å². The molecule has 0 aliphatic carbocycles. The number of hydrogen-bond donors (Lipinski definition) is 1. The number of likely N-dealkylation sites (tertiary alicyclic amines) is 1. The summed E-state index contributed by atoms with van der Waals surface area (Å²) in [7, 11) is 0. The molecule has 2 amide bonds. The van der Waals surface area contributed by atoms with Gasteiger partial charge in [0.05, 0.1) is 5.54 Å². The molecule has 0 aromatic rings. The number of rotatable bonds is 1. The fraction of sp³-hybridized carbons (Fsp3) is 0.833. The van der Waals surface area contributed by atoms with Crippen LogP contribution in [0.25, 0.3) is 0 Å². The van der Waals surface area contributed by atoms with Gasteiger partial charge in [0.2, 0.25) is 11.8 Å². The first-order valence-corrected chi connectivity index (χ1v) is 6.06. The van der Waals surface area contributed by atoms with Gasteiger partial charge in [-0.15, -0.1) is 0 Å². The van der Waals surface area contributed by atoms with Crippen LogP contribution < -0.4 is 5.32 Å². The van der Waals surface area contributed by atoms with Crippen molar-refractivity contribution >= 4 is 11.8 Å². The van der Waals surface area contributed by atoms with Crippen LogP contribution in [-0.4, -0.2) is 35.3 Å². The van der Waals surface area contributed by atoms with Gasteiger partial charge in [-0.05, 0) is 32.9 Å². The highest BCUT2D eigenvalue weighted by atomic mass is 16.2. The minimum atomic E-state index is -0.265. The smallest absolute Gasteiger partial charge is 0.233 e. The normalized spacial score (nSPS) is 34.6. The molecule has 2 saturated heterocycles. The highest BCUT2D eigenvalue weighted by molar-refractivity contribution is 6.05. The van der Waals surface area contributed by atoms with Crippen LogP contribution in [0.5, 0.6) is 0 Å². The van der Waals surface area contributed by atoms with E-state index in [-0.39, 0.29) is 29.2 Å². The summed E-state index contributed by atoms with van der Waals surface area (Å²) in [6.45, 7) is 7.52. The summed E-state index contributed by atoms with van der Waals surface area (Å²) >= 11 is 0. The van der Waals surface area contributed by atoms with E-state index in [1.54, 1.807) is 4.90 Å². The van der Waals surface area contributed by atoms with Gasteiger partial charge in [-0.3, -0.25) is 14.5 Å². The van der Waals surface area contributed by atoms with Crippen LogP contribution in [0.3, 0.4) is 0 Å². The second kappa shape index (κ2) is 3.84. The predicted octanol–water partition coefficient (Wildman–Crippen LogP) is 0.770. The van der Waals surface area contributed by atoms with E-state index in [0.29, 0.717) is 0 Å². The number of carbonyl (C=O) groups is 2. The van der Waals surface area contributed by atoms with Crippen LogP contribution in [0.2, 0.25) is 0 Å². The molecule has 2 unspecified atom stereocenters. The summed E-state index contributed by atoms with van der Waals surface area (Å²) in [5.74, 6) is -0.276. The molecule has 0 aromatic heterocycles. The zero-order valence-corrected chi connectivity index (χ0v) is 10.2. The number of piperidine rings is 1. The Morgan fingerprint density at radius 1 is 1.12 bits per heavy atom. The number of hydrogen-bond acceptors (Lipinski definition) is 3. The molecule has 2 heterocycles. The summed E-state index contributed by atoms with van der Waals surface area (Å²) < 4.78 is 0. The maximum Gasteiger partial charge on any atom is 0.233 e. The monoisotopic (exact) mass is 224 g/mol. The van der Waals surface area contributed by atoms with Gasteiger partial charge in [0.15, 0.2) is 0 Å². The molecule has 0 saturated carbocycles. The summed E-state index contributed by atoms with van der Waals surface area (Å²) in [5, 5.41) is 3.27. The van der Waals surface area contributed by atoms with Crippen molar-refractivity contribution in [2.75, 3.05) is 13.1 Å². The van der Waals surface area contributed by atoms with Crippen molar-refractivity contribution in [3.8, 4) is 0 Å². The van der Waals surface area contributed by atoms with Crippen LogP contribution in [-0.2, 0) is 9.59 Å². The fourth-order valence-electron chi connectivity index (χ4n) is 2.66. The van der Waals surface area contributed by atoms with E-state index >= 15 is 0 Å². The van der Waals surface area contributed by atoms with Gasteiger partial charge in [-0.25, -0.2) is 0 Å². The third kappa shape index (κ3) is 1.56. The van der Waals surface area contributed by atoms with Crippen molar-refractivity contribution in [2.45, 2.75) is 39.2 Å². The Morgan fingerprint density at radius 3 is 2.00 bits per heavy atom. The number of nitrogens with zero attached hydrogens (tertiary/aromatic N) is 1. The molecule has 2 atom stereocenters. The van der Waals surface area contributed by atoms with Gasteiger partial charge in [0.1, 0.15) is 0 Å². The number of amides is 2. The Labute approximate surface area is 96.4 Å². The zero-order valence-electron chi connectivity index (χ0n) is 10.2. The second-order valence-electron chi connectivity index (χ2n) is 5.34. The molecule has 0 bridgehead atoms. The Balaban J connectivity index is 2.26. The van der Waals surface area contributed by atoms with Crippen LogP contribution in [0.15, 0.2) is 0 Å². The lowest BCUT2D eigenvalue weighted by atomic mass is 9.88. The van der Waals surface area contributed by atoms with Gasteiger partial charge in [-0.2, -0.15) is 0 Å². The molecule has 2 aliphatic rings. The average molecular weight is 224 g/mol. The van der Waals surface area contributed by atoms with Gasteiger partial charge in [0, 0.05) is 11.8 Å². The average Bonchev–Trinajstić information content (AvgIpc) is 2.45. The Kier molecular flexibility index (Phi) is 2.78. The van der Waals surface area contributed by atoms with Crippen molar-refractivity contribution < 1.29 is 9.59 Å². The quantitative estimate of drug-likeness (QED) is 0.669. The maximum atomic E-state index is 12.1. The minimum absolute atomic E-state index is 0.0156. The molecule has 1 N–H and O–H groups in total. The molecule has 2 fully saturated rings. The third-order valence-corrected chi connectivity index (χ3v) is 4.19. The Bertz CT molecular complexity index is 301. The first-order chi connectivity index (χ1) is 7.47. The van der Waals surface area contributed by atoms with E-state index in [9.17, 15) is 9.59 Å². The van der Waals surface area contributed by atoms with E-state index in [0.717, 1.165) is 25.9 Å². The van der Waals surface area contributed by atoms with Crippen molar-refractivity contribution in [3.05, 3.63) is 0 Å². The van der Waals surface area contributed by atoms with E-state index in [4.69, 9.17) is 0 Å². The van der Waals surface area contributed by atoms with Crippen LogP contribution >= 0.6 is 0 Å². The summed E-state index contributed by atoms with van der Waals surface area (Å²) in [6.07, 6.45) is 1.73. The number of imide groups is 1. The molecule has 16 heavy (non-hydrogen) atoms. The van der Waals surface area contributed by atoms with Crippen LogP contribution in [0, 0.1) is 11.8 Å². The number of nitrogens with one attached hydrogen (secondary N) is 1. The standard InChI is InChI=1S/C12H20N2O2/c1-8-9(2)11(16)14(10(8)15)12(3)4-6-13-7-5-12/h8-9,13H,4-7H2,1-3H3. The maximum absolute atomic E-state index is 12.1. The van der Waals surface area contributed by atoms with Crippen molar-refractivity contribution in [1.29, 1.82) is 0 Å². The molecule has 0 aromatic carbocycles. The highest BCUT2D eigenvalue weighted by Crippen LogP contribution is 2.35.